The van der Waals surface area contributed by atoms with Crippen molar-refractivity contribution in [1.29, 1.82) is 0 Å². The molecule has 0 amide bonds. The second-order valence-corrected chi connectivity index (χ2v) is 9.17. The minimum Gasteiger partial charge on any atom is -0.507 e. The van der Waals surface area contributed by atoms with Crippen LogP contribution in [0.1, 0.15) is 11.1 Å². The molecule has 6 rings (SSSR count). The van der Waals surface area contributed by atoms with E-state index in [9.17, 15) is 10.2 Å². The van der Waals surface area contributed by atoms with Crippen molar-refractivity contribution in [3.8, 4) is 11.5 Å². The summed E-state index contributed by atoms with van der Waals surface area (Å²) in [4.78, 5) is 9.14. The van der Waals surface area contributed by atoms with Crippen LogP contribution in [0.15, 0.2) is 131 Å². The zero-order chi connectivity index (χ0) is 26.6. The summed E-state index contributed by atoms with van der Waals surface area (Å²) in [6.45, 7) is 0. The van der Waals surface area contributed by atoms with E-state index in [0.29, 0.717) is 11.1 Å². The molecule has 0 aliphatic heterocycles. The molecular formula is C34H25N3O2. The molecule has 0 atom stereocenters. The summed E-state index contributed by atoms with van der Waals surface area (Å²) in [6.07, 6.45) is 3.41. The Morgan fingerprint density at radius 2 is 0.872 bits per heavy atom. The average molecular weight is 508 g/mol. The normalized spacial score (nSPS) is 11.6. The molecule has 39 heavy (non-hydrogen) atoms. The summed E-state index contributed by atoms with van der Waals surface area (Å²) in [5, 5.41) is 28.1. The number of aliphatic imine (C=N–C) groups is 2. The van der Waals surface area contributed by atoms with Gasteiger partial charge in [-0.1, -0.05) is 60.7 Å². The van der Waals surface area contributed by atoms with Crippen LogP contribution in [0.4, 0.5) is 22.7 Å². The third-order valence-corrected chi connectivity index (χ3v) is 6.60. The maximum atomic E-state index is 10.3. The van der Waals surface area contributed by atoms with Crippen molar-refractivity contribution in [3.63, 3.8) is 0 Å². The number of rotatable bonds is 6. The lowest BCUT2D eigenvalue weighted by molar-refractivity contribution is 0.475. The van der Waals surface area contributed by atoms with E-state index < -0.39 is 0 Å². The Bertz CT molecular complexity index is 1700. The maximum Gasteiger partial charge on any atom is 0.124 e. The first-order valence-corrected chi connectivity index (χ1v) is 12.6. The van der Waals surface area contributed by atoms with E-state index in [4.69, 9.17) is 0 Å². The Morgan fingerprint density at radius 1 is 0.462 bits per heavy atom. The average Bonchev–Trinajstić information content (AvgIpc) is 2.98. The molecule has 6 aromatic rings. The lowest BCUT2D eigenvalue weighted by Gasteiger charge is -2.08. The van der Waals surface area contributed by atoms with Crippen LogP contribution >= 0.6 is 0 Å². The third kappa shape index (κ3) is 5.20. The van der Waals surface area contributed by atoms with Gasteiger partial charge >= 0.3 is 0 Å². The summed E-state index contributed by atoms with van der Waals surface area (Å²) in [7, 11) is 0. The predicted octanol–water partition coefficient (Wildman–Crippen LogP) is 8.65. The molecule has 0 heterocycles. The number of phenols is 2. The van der Waals surface area contributed by atoms with Gasteiger partial charge < -0.3 is 15.5 Å². The molecule has 5 nitrogen and oxygen atoms in total. The fraction of sp³-hybridized carbons (Fsp3) is 0. The molecule has 0 unspecified atom stereocenters. The molecule has 0 bridgehead atoms. The predicted molar refractivity (Wildman–Crippen MR) is 162 cm³/mol. The van der Waals surface area contributed by atoms with Gasteiger partial charge in [-0.05, 0) is 82.2 Å². The first-order chi connectivity index (χ1) is 19.1. The molecule has 0 fully saturated rings. The Balaban J connectivity index is 1.14. The van der Waals surface area contributed by atoms with Gasteiger partial charge in [-0.3, -0.25) is 9.98 Å². The Labute approximate surface area is 226 Å². The van der Waals surface area contributed by atoms with Crippen molar-refractivity contribution < 1.29 is 10.2 Å². The largest absolute Gasteiger partial charge is 0.507 e. The molecule has 188 valence electrons. The molecule has 6 aromatic carbocycles. The van der Waals surface area contributed by atoms with Gasteiger partial charge in [0.2, 0.25) is 0 Å². The summed E-state index contributed by atoms with van der Waals surface area (Å²) < 4.78 is 0. The zero-order valence-electron chi connectivity index (χ0n) is 21.0. The van der Waals surface area contributed by atoms with Gasteiger partial charge in [-0.2, -0.15) is 0 Å². The summed E-state index contributed by atoms with van der Waals surface area (Å²) in [5.74, 6) is 0.412. The lowest BCUT2D eigenvalue weighted by atomic mass is 10.0. The quantitative estimate of drug-likeness (QED) is 0.197. The van der Waals surface area contributed by atoms with Crippen LogP contribution in [0.25, 0.3) is 21.5 Å². The van der Waals surface area contributed by atoms with Crippen LogP contribution in [0.3, 0.4) is 0 Å². The summed E-state index contributed by atoms with van der Waals surface area (Å²) >= 11 is 0. The highest BCUT2D eigenvalue weighted by molar-refractivity contribution is 6.04. The zero-order valence-corrected chi connectivity index (χ0v) is 21.0. The number of nitrogens with one attached hydrogen (secondary N) is 1. The van der Waals surface area contributed by atoms with Crippen molar-refractivity contribution in [1.82, 2.24) is 0 Å². The van der Waals surface area contributed by atoms with Crippen LogP contribution in [0.5, 0.6) is 11.5 Å². The molecule has 0 radical (unpaired) electrons. The number of hydrogen-bond donors (Lipinski definition) is 3. The maximum absolute atomic E-state index is 10.3. The standard InChI is InChI=1S/C34H25N3O2/c38-33-19-9-23-5-1-3-7-29(23)31(33)21-35-25-11-15-27(16-12-25)37-28-17-13-26(14-18-28)36-22-32-30-8-4-2-6-24(30)10-20-34(32)39/h1-22,37-39H. The number of fused-ring (bicyclic) bond motifs is 2. The van der Waals surface area contributed by atoms with E-state index in [1.807, 2.05) is 109 Å². The Morgan fingerprint density at radius 3 is 1.31 bits per heavy atom. The molecule has 0 saturated heterocycles. The minimum absolute atomic E-state index is 0.206. The molecule has 5 heteroatoms. The van der Waals surface area contributed by atoms with Crippen LogP contribution < -0.4 is 5.32 Å². The van der Waals surface area contributed by atoms with Crippen LogP contribution in [0, 0.1) is 0 Å². The van der Waals surface area contributed by atoms with Crippen LogP contribution in [-0.4, -0.2) is 22.6 Å². The van der Waals surface area contributed by atoms with Gasteiger partial charge in [0.25, 0.3) is 0 Å². The highest BCUT2D eigenvalue weighted by Crippen LogP contribution is 2.28. The molecule has 0 aromatic heterocycles. The van der Waals surface area contributed by atoms with E-state index in [1.165, 1.54) is 0 Å². The second kappa shape index (κ2) is 10.5. The van der Waals surface area contributed by atoms with E-state index >= 15 is 0 Å². The Kier molecular flexibility index (Phi) is 6.46. The second-order valence-electron chi connectivity index (χ2n) is 9.17. The van der Waals surface area contributed by atoms with Crippen LogP contribution in [0.2, 0.25) is 0 Å². The Hall–Kier alpha value is -5.42. The van der Waals surface area contributed by atoms with Gasteiger partial charge in [0.15, 0.2) is 0 Å². The van der Waals surface area contributed by atoms with Gasteiger partial charge in [0.1, 0.15) is 11.5 Å². The third-order valence-electron chi connectivity index (χ3n) is 6.60. The van der Waals surface area contributed by atoms with E-state index in [0.717, 1.165) is 44.3 Å². The highest BCUT2D eigenvalue weighted by atomic mass is 16.3. The summed E-state index contributed by atoms with van der Waals surface area (Å²) in [5.41, 5.74) is 4.84. The van der Waals surface area contributed by atoms with Crippen molar-refractivity contribution >= 4 is 56.7 Å². The number of hydrogen-bond acceptors (Lipinski definition) is 5. The molecule has 3 N–H and O–H groups in total. The molecule has 0 spiro atoms. The molecular weight excluding hydrogens is 482 g/mol. The van der Waals surface area contributed by atoms with E-state index in [2.05, 4.69) is 15.3 Å². The van der Waals surface area contributed by atoms with Crippen molar-refractivity contribution in [2.45, 2.75) is 0 Å². The molecule has 0 aliphatic rings. The minimum atomic E-state index is 0.206. The fourth-order valence-corrected chi connectivity index (χ4v) is 4.55. The number of benzene rings is 6. The van der Waals surface area contributed by atoms with E-state index in [1.54, 1.807) is 24.6 Å². The van der Waals surface area contributed by atoms with Crippen molar-refractivity contribution in [3.05, 3.63) is 132 Å². The number of aromatic hydroxyl groups is 2. The monoisotopic (exact) mass is 507 g/mol. The van der Waals surface area contributed by atoms with Crippen molar-refractivity contribution in [2.75, 3.05) is 5.32 Å². The smallest absolute Gasteiger partial charge is 0.124 e. The SMILES string of the molecule is Oc1ccc2ccccc2c1C=Nc1ccc(Nc2ccc(N=Cc3c(O)ccc4ccccc34)cc2)cc1. The van der Waals surface area contributed by atoms with Gasteiger partial charge in [-0.15, -0.1) is 0 Å². The van der Waals surface area contributed by atoms with Crippen molar-refractivity contribution in [2.24, 2.45) is 9.98 Å². The number of anilines is 2. The number of phenolic OH excluding ortho intramolecular Hbond substituents is 2. The van der Waals surface area contributed by atoms with Gasteiger partial charge in [0.05, 0.1) is 11.4 Å². The van der Waals surface area contributed by atoms with Crippen LogP contribution in [-0.2, 0) is 0 Å². The molecule has 0 aliphatic carbocycles. The van der Waals surface area contributed by atoms with Gasteiger partial charge in [0, 0.05) is 34.9 Å². The topological polar surface area (TPSA) is 77.2 Å². The lowest BCUT2D eigenvalue weighted by Crippen LogP contribution is -1.89. The van der Waals surface area contributed by atoms with E-state index in [-0.39, 0.29) is 11.5 Å². The summed E-state index contributed by atoms with van der Waals surface area (Å²) in [6, 6.07) is 38.6. The fourth-order valence-electron chi connectivity index (χ4n) is 4.55. The highest BCUT2D eigenvalue weighted by Gasteiger charge is 2.06. The number of nitrogens with zero attached hydrogens (tertiary/aromatic N) is 2. The first kappa shape index (κ1) is 23.9. The van der Waals surface area contributed by atoms with Gasteiger partial charge in [-0.25, -0.2) is 0 Å². The molecule has 0 saturated carbocycles. The first-order valence-electron chi connectivity index (χ1n) is 12.6.